The summed E-state index contributed by atoms with van der Waals surface area (Å²) in [5, 5.41) is 1.77. The van der Waals surface area contributed by atoms with Gasteiger partial charge in [0, 0.05) is 44.5 Å². The predicted octanol–water partition coefficient (Wildman–Crippen LogP) is 1.56. The van der Waals surface area contributed by atoms with Crippen LogP contribution in [0.25, 0.3) is 0 Å². The Bertz CT molecular complexity index is 349. The van der Waals surface area contributed by atoms with Crippen molar-refractivity contribution in [3.63, 3.8) is 0 Å². The van der Waals surface area contributed by atoms with Gasteiger partial charge in [-0.3, -0.25) is 4.99 Å². The van der Waals surface area contributed by atoms with Gasteiger partial charge in [0.2, 0.25) is 0 Å². The van der Waals surface area contributed by atoms with E-state index in [4.69, 9.17) is 0 Å². The summed E-state index contributed by atoms with van der Waals surface area (Å²) in [6.45, 7) is 12.2. The smallest absolute Gasteiger partial charge is 0.320 e. The van der Waals surface area contributed by atoms with Crippen molar-refractivity contribution < 1.29 is 4.79 Å². The molecule has 2 heterocycles. The maximum Gasteiger partial charge on any atom is 0.320 e. The number of hydrogen-bond donors (Lipinski definition) is 0. The summed E-state index contributed by atoms with van der Waals surface area (Å²) < 4.78 is 0. The number of carbonyl (C=O) groups is 1. The normalized spacial score (nSPS) is 23.5. The Balaban J connectivity index is 1.84. The van der Waals surface area contributed by atoms with E-state index in [1.165, 1.54) is 5.17 Å². The fourth-order valence-electron chi connectivity index (χ4n) is 2.42. The summed E-state index contributed by atoms with van der Waals surface area (Å²) in [6, 6.07) is 0.180. The van der Waals surface area contributed by atoms with Gasteiger partial charge >= 0.3 is 6.03 Å². The van der Waals surface area contributed by atoms with Crippen LogP contribution in [-0.2, 0) is 0 Å². The Kier molecular flexibility index (Phi) is 4.96. The van der Waals surface area contributed by atoms with Gasteiger partial charge in [0.15, 0.2) is 5.17 Å². The molecular formula is C13H24N4OS. The van der Waals surface area contributed by atoms with Crippen LogP contribution in [0.4, 0.5) is 4.79 Å². The maximum atomic E-state index is 12.2. The third kappa shape index (κ3) is 3.35. The average Bonchev–Trinajstić information content (AvgIpc) is 2.87. The highest BCUT2D eigenvalue weighted by atomic mass is 32.2. The zero-order valence-corrected chi connectivity index (χ0v) is 12.9. The standard InChI is InChI=1S/C13H24N4OS/c1-4-15(5-2)13(18)17-8-6-16(7-9-17)12-14-10-11(3)19-12/h11H,4-10H2,1-3H3. The molecule has 1 saturated heterocycles. The van der Waals surface area contributed by atoms with E-state index in [9.17, 15) is 4.79 Å². The Hall–Kier alpha value is -0.910. The first kappa shape index (κ1) is 14.5. The molecule has 1 unspecified atom stereocenters. The van der Waals surface area contributed by atoms with Crippen LogP contribution in [0.5, 0.6) is 0 Å². The minimum atomic E-state index is 0.180. The van der Waals surface area contributed by atoms with Crippen molar-refractivity contribution in [1.29, 1.82) is 0 Å². The highest BCUT2D eigenvalue weighted by molar-refractivity contribution is 8.14. The number of piperazine rings is 1. The van der Waals surface area contributed by atoms with Crippen LogP contribution in [0.1, 0.15) is 20.8 Å². The Morgan fingerprint density at radius 1 is 1.32 bits per heavy atom. The number of thioether (sulfide) groups is 1. The fourth-order valence-corrected chi connectivity index (χ4v) is 3.41. The molecule has 2 amide bonds. The summed E-state index contributed by atoms with van der Waals surface area (Å²) in [6.07, 6.45) is 0. The molecule has 0 N–H and O–H groups in total. The molecule has 0 radical (unpaired) electrons. The second kappa shape index (κ2) is 6.50. The van der Waals surface area contributed by atoms with Gasteiger partial charge in [0.05, 0.1) is 6.54 Å². The monoisotopic (exact) mass is 284 g/mol. The second-order valence-electron chi connectivity index (χ2n) is 4.98. The third-order valence-electron chi connectivity index (χ3n) is 3.64. The Morgan fingerprint density at radius 2 is 1.95 bits per heavy atom. The third-order valence-corrected chi connectivity index (χ3v) is 4.79. The van der Waals surface area contributed by atoms with E-state index in [2.05, 4.69) is 16.8 Å². The molecule has 19 heavy (non-hydrogen) atoms. The second-order valence-corrected chi connectivity index (χ2v) is 6.39. The summed E-state index contributed by atoms with van der Waals surface area (Å²) in [7, 11) is 0. The molecule has 0 aromatic carbocycles. The lowest BCUT2D eigenvalue weighted by Gasteiger charge is -2.37. The molecule has 1 fully saturated rings. The van der Waals surface area contributed by atoms with Gasteiger partial charge in [-0.2, -0.15) is 0 Å². The molecular weight excluding hydrogens is 260 g/mol. The fraction of sp³-hybridized carbons (Fsp3) is 0.846. The first-order valence-electron chi connectivity index (χ1n) is 7.15. The number of urea groups is 1. The number of rotatable bonds is 2. The van der Waals surface area contributed by atoms with E-state index in [0.717, 1.165) is 45.8 Å². The zero-order chi connectivity index (χ0) is 13.8. The van der Waals surface area contributed by atoms with Crippen molar-refractivity contribution in [3.8, 4) is 0 Å². The number of amidine groups is 1. The van der Waals surface area contributed by atoms with Crippen molar-refractivity contribution in [2.45, 2.75) is 26.0 Å². The van der Waals surface area contributed by atoms with E-state index in [0.29, 0.717) is 5.25 Å². The van der Waals surface area contributed by atoms with Gasteiger partial charge in [-0.15, -0.1) is 0 Å². The van der Waals surface area contributed by atoms with Gasteiger partial charge in [-0.1, -0.05) is 18.7 Å². The number of carbonyl (C=O) groups excluding carboxylic acids is 1. The van der Waals surface area contributed by atoms with Gasteiger partial charge in [0.25, 0.3) is 0 Å². The molecule has 2 rings (SSSR count). The van der Waals surface area contributed by atoms with Crippen LogP contribution in [-0.4, -0.2) is 77.0 Å². The first-order chi connectivity index (χ1) is 9.15. The number of amides is 2. The number of hydrogen-bond acceptors (Lipinski definition) is 4. The lowest BCUT2D eigenvalue weighted by Crippen LogP contribution is -2.53. The molecule has 2 aliphatic heterocycles. The summed E-state index contributed by atoms with van der Waals surface area (Å²) in [5.41, 5.74) is 0. The minimum absolute atomic E-state index is 0.180. The van der Waals surface area contributed by atoms with Crippen LogP contribution in [0, 0.1) is 0 Å². The number of nitrogens with zero attached hydrogens (tertiary/aromatic N) is 4. The Morgan fingerprint density at radius 3 is 2.42 bits per heavy atom. The zero-order valence-electron chi connectivity index (χ0n) is 12.1. The molecule has 108 valence electrons. The lowest BCUT2D eigenvalue weighted by atomic mass is 10.3. The van der Waals surface area contributed by atoms with Crippen LogP contribution >= 0.6 is 11.8 Å². The van der Waals surface area contributed by atoms with Crippen molar-refractivity contribution in [3.05, 3.63) is 0 Å². The summed E-state index contributed by atoms with van der Waals surface area (Å²) in [4.78, 5) is 23.0. The first-order valence-corrected chi connectivity index (χ1v) is 8.03. The van der Waals surface area contributed by atoms with Crippen molar-refractivity contribution in [1.82, 2.24) is 14.7 Å². The van der Waals surface area contributed by atoms with Gasteiger partial charge in [0.1, 0.15) is 0 Å². The van der Waals surface area contributed by atoms with Crippen LogP contribution in [0.3, 0.4) is 0 Å². The van der Waals surface area contributed by atoms with Gasteiger partial charge in [-0.25, -0.2) is 4.79 Å². The van der Waals surface area contributed by atoms with E-state index in [1.807, 2.05) is 35.4 Å². The Labute approximate surface area is 120 Å². The molecule has 1 atom stereocenters. The quantitative estimate of drug-likeness (QED) is 0.772. The highest BCUT2D eigenvalue weighted by Crippen LogP contribution is 2.23. The molecule has 0 spiro atoms. The van der Waals surface area contributed by atoms with Crippen molar-refractivity contribution in [2.24, 2.45) is 4.99 Å². The van der Waals surface area contributed by atoms with E-state index >= 15 is 0 Å². The molecule has 0 bridgehead atoms. The highest BCUT2D eigenvalue weighted by Gasteiger charge is 2.27. The van der Waals surface area contributed by atoms with E-state index in [1.54, 1.807) is 0 Å². The molecule has 5 nitrogen and oxygen atoms in total. The largest absolute Gasteiger partial charge is 0.348 e. The van der Waals surface area contributed by atoms with Crippen LogP contribution < -0.4 is 0 Å². The lowest BCUT2D eigenvalue weighted by molar-refractivity contribution is 0.136. The van der Waals surface area contributed by atoms with Crippen LogP contribution in [0.2, 0.25) is 0 Å². The molecule has 0 aromatic heterocycles. The summed E-state index contributed by atoms with van der Waals surface area (Å²) in [5.74, 6) is 0. The molecule has 2 aliphatic rings. The molecule has 0 aliphatic carbocycles. The van der Waals surface area contributed by atoms with Crippen LogP contribution in [0.15, 0.2) is 4.99 Å². The van der Waals surface area contributed by atoms with Crippen molar-refractivity contribution >= 4 is 23.0 Å². The van der Waals surface area contributed by atoms with Gasteiger partial charge < -0.3 is 14.7 Å². The van der Waals surface area contributed by atoms with Gasteiger partial charge in [-0.05, 0) is 13.8 Å². The topological polar surface area (TPSA) is 39.2 Å². The SMILES string of the molecule is CCN(CC)C(=O)N1CCN(C2=NCC(C)S2)CC1. The van der Waals surface area contributed by atoms with E-state index < -0.39 is 0 Å². The van der Waals surface area contributed by atoms with E-state index in [-0.39, 0.29) is 6.03 Å². The molecule has 6 heteroatoms. The average molecular weight is 284 g/mol. The number of aliphatic imine (C=N–C) groups is 1. The molecule has 0 aromatic rings. The van der Waals surface area contributed by atoms with Crippen molar-refractivity contribution in [2.75, 3.05) is 45.8 Å². The minimum Gasteiger partial charge on any atom is -0.348 e. The maximum absolute atomic E-state index is 12.2. The summed E-state index contributed by atoms with van der Waals surface area (Å²) >= 11 is 1.86. The molecule has 0 saturated carbocycles. The predicted molar refractivity (Wildman–Crippen MR) is 80.8 cm³/mol.